The minimum Gasteiger partial charge on any atom is -0.466 e. The van der Waals surface area contributed by atoms with E-state index in [4.69, 9.17) is 4.74 Å². The standard InChI is InChI=1S/C13H12FNO5/c1-19-12(17)7-6-11(16)15-13(18)20-8-9-2-4-10(14)5-3-9/h2-7H,8H2,1H3,(H,15,16,18)/b7-6+. The summed E-state index contributed by atoms with van der Waals surface area (Å²) >= 11 is 0. The smallest absolute Gasteiger partial charge is 0.414 e. The normalized spacial score (nSPS) is 10.1. The van der Waals surface area contributed by atoms with Crippen LogP contribution >= 0.6 is 0 Å². The van der Waals surface area contributed by atoms with Gasteiger partial charge in [-0.3, -0.25) is 10.1 Å². The number of imide groups is 1. The molecule has 0 heterocycles. The number of hydrogen-bond donors (Lipinski definition) is 1. The van der Waals surface area contributed by atoms with Crippen molar-refractivity contribution < 1.29 is 28.2 Å². The molecule has 6 nitrogen and oxygen atoms in total. The maximum atomic E-state index is 12.6. The van der Waals surface area contributed by atoms with E-state index >= 15 is 0 Å². The molecule has 0 fully saturated rings. The molecule has 1 aromatic carbocycles. The molecule has 0 radical (unpaired) electrons. The summed E-state index contributed by atoms with van der Waals surface area (Å²) in [5.41, 5.74) is 0.569. The first-order chi connectivity index (χ1) is 9.51. The number of esters is 1. The largest absolute Gasteiger partial charge is 0.466 e. The van der Waals surface area contributed by atoms with Crippen molar-refractivity contribution in [2.24, 2.45) is 0 Å². The van der Waals surface area contributed by atoms with Crippen molar-refractivity contribution in [2.75, 3.05) is 7.11 Å². The van der Waals surface area contributed by atoms with E-state index in [1.807, 2.05) is 5.32 Å². The molecule has 0 saturated heterocycles. The molecule has 2 amide bonds. The highest BCUT2D eigenvalue weighted by atomic mass is 19.1. The lowest BCUT2D eigenvalue weighted by Gasteiger charge is -2.04. The van der Waals surface area contributed by atoms with Crippen LogP contribution in [0.3, 0.4) is 0 Å². The number of methoxy groups -OCH3 is 1. The Morgan fingerprint density at radius 1 is 1.20 bits per heavy atom. The van der Waals surface area contributed by atoms with Crippen LogP contribution in [0, 0.1) is 5.82 Å². The van der Waals surface area contributed by atoms with Gasteiger partial charge in [-0.25, -0.2) is 14.0 Å². The predicted molar refractivity (Wildman–Crippen MR) is 65.9 cm³/mol. The highest BCUT2D eigenvalue weighted by molar-refractivity contribution is 6.01. The van der Waals surface area contributed by atoms with Gasteiger partial charge in [0.05, 0.1) is 7.11 Å². The van der Waals surface area contributed by atoms with Crippen LogP contribution in [0.5, 0.6) is 0 Å². The van der Waals surface area contributed by atoms with Gasteiger partial charge in [0, 0.05) is 12.2 Å². The van der Waals surface area contributed by atoms with E-state index in [-0.39, 0.29) is 6.61 Å². The van der Waals surface area contributed by atoms with Gasteiger partial charge in [-0.15, -0.1) is 0 Å². The molecule has 106 valence electrons. The van der Waals surface area contributed by atoms with Crippen molar-refractivity contribution in [3.63, 3.8) is 0 Å². The van der Waals surface area contributed by atoms with Crippen molar-refractivity contribution in [3.05, 3.63) is 47.8 Å². The zero-order chi connectivity index (χ0) is 15.0. The highest BCUT2D eigenvalue weighted by Gasteiger charge is 2.07. The lowest BCUT2D eigenvalue weighted by molar-refractivity contribution is -0.135. The Balaban J connectivity index is 2.36. The molecule has 0 saturated carbocycles. The number of rotatable bonds is 4. The number of halogens is 1. The van der Waals surface area contributed by atoms with Crippen molar-refractivity contribution in [1.29, 1.82) is 0 Å². The van der Waals surface area contributed by atoms with Gasteiger partial charge in [0.1, 0.15) is 12.4 Å². The van der Waals surface area contributed by atoms with Crippen molar-refractivity contribution in [1.82, 2.24) is 5.32 Å². The molecule has 7 heteroatoms. The Labute approximate surface area is 114 Å². The van der Waals surface area contributed by atoms with Gasteiger partial charge in [0.15, 0.2) is 0 Å². The topological polar surface area (TPSA) is 81.7 Å². The number of nitrogens with one attached hydrogen (secondary N) is 1. The van der Waals surface area contributed by atoms with Gasteiger partial charge >= 0.3 is 12.1 Å². The maximum absolute atomic E-state index is 12.6. The SMILES string of the molecule is COC(=O)/C=C/C(=O)NC(=O)OCc1ccc(F)cc1. The highest BCUT2D eigenvalue weighted by Crippen LogP contribution is 2.04. The van der Waals surface area contributed by atoms with Gasteiger partial charge in [-0.2, -0.15) is 0 Å². The number of carbonyl (C=O) groups excluding carboxylic acids is 3. The van der Waals surface area contributed by atoms with Crippen LogP contribution in [-0.2, 0) is 25.7 Å². The van der Waals surface area contributed by atoms with Gasteiger partial charge in [0.2, 0.25) is 0 Å². The van der Waals surface area contributed by atoms with Crippen LogP contribution in [0.1, 0.15) is 5.56 Å². The minimum atomic E-state index is -0.978. The van der Waals surface area contributed by atoms with Crippen LogP contribution in [0.25, 0.3) is 0 Å². The summed E-state index contributed by atoms with van der Waals surface area (Å²) in [6, 6.07) is 5.34. The number of alkyl carbamates (subject to hydrolysis) is 1. The van der Waals surface area contributed by atoms with Gasteiger partial charge in [0.25, 0.3) is 5.91 Å². The molecule has 20 heavy (non-hydrogen) atoms. The molecule has 0 atom stereocenters. The van der Waals surface area contributed by atoms with Crippen LogP contribution in [0.2, 0.25) is 0 Å². The van der Waals surface area contributed by atoms with Crippen LogP contribution in [0.15, 0.2) is 36.4 Å². The van der Waals surface area contributed by atoms with E-state index < -0.39 is 23.8 Å². The Bertz CT molecular complexity index is 524. The molecule has 0 aliphatic rings. The molecule has 0 aliphatic carbocycles. The number of carbonyl (C=O) groups is 3. The van der Waals surface area contributed by atoms with E-state index in [0.717, 1.165) is 19.3 Å². The number of benzene rings is 1. The van der Waals surface area contributed by atoms with E-state index in [0.29, 0.717) is 5.56 Å². The molecule has 1 N–H and O–H groups in total. The first-order valence-electron chi connectivity index (χ1n) is 5.49. The second-order valence-corrected chi connectivity index (χ2v) is 3.55. The summed E-state index contributed by atoms with van der Waals surface area (Å²) in [4.78, 5) is 33.1. The zero-order valence-electron chi connectivity index (χ0n) is 10.6. The van der Waals surface area contributed by atoms with Crippen LogP contribution in [0.4, 0.5) is 9.18 Å². The van der Waals surface area contributed by atoms with Gasteiger partial charge in [-0.05, 0) is 17.7 Å². The second kappa shape index (κ2) is 7.67. The number of amides is 2. The van der Waals surface area contributed by atoms with Crippen molar-refractivity contribution in [2.45, 2.75) is 6.61 Å². The Morgan fingerprint density at radius 2 is 1.85 bits per heavy atom. The average molecular weight is 281 g/mol. The Morgan fingerprint density at radius 3 is 2.45 bits per heavy atom. The summed E-state index contributed by atoms with van der Waals surface area (Å²) in [5, 5.41) is 1.87. The second-order valence-electron chi connectivity index (χ2n) is 3.55. The zero-order valence-corrected chi connectivity index (χ0v) is 10.6. The third kappa shape index (κ3) is 5.76. The fourth-order valence-corrected chi connectivity index (χ4v) is 1.12. The van der Waals surface area contributed by atoms with Crippen LogP contribution in [-0.4, -0.2) is 25.1 Å². The molecule has 0 spiro atoms. The van der Waals surface area contributed by atoms with Gasteiger partial charge in [-0.1, -0.05) is 12.1 Å². The molecule has 0 aliphatic heterocycles. The van der Waals surface area contributed by atoms with E-state index in [9.17, 15) is 18.8 Å². The third-order valence-electron chi connectivity index (χ3n) is 2.08. The Kier molecular flexibility index (Phi) is 5.89. The van der Waals surface area contributed by atoms with Gasteiger partial charge < -0.3 is 9.47 Å². The molecular formula is C13H12FNO5. The quantitative estimate of drug-likeness (QED) is 0.664. The summed E-state index contributed by atoms with van der Waals surface area (Å²) < 4.78 is 21.6. The molecule has 0 bridgehead atoms. The Hall–Kier alpha value is -2.70. The predicted octanol–water partition coefficient (Wildman–Crippen LogP) is 1.31. The monoisotopic (exact) mass is 281 g/mol. The lowest BCUT2D eigenvalue weighted by atomic mass is 10.2. The number of hydrogen-bond acceptors (Lipinski definition) is 5. The van der Waals surface area contributed by atoms with Crippen molar-refractivity contribution in [3.8, 4) is 0 Å². The summed E-state index contributed by atoms with van der Waals surface area (Å²) in [6.45, 7) is -0.111. The fraction of sp³-hybridized carbons (Fsp3) is 0.154. The van der Waals surface area contributed by atoms with Crippen LogP contribution < -0.4 is 5.32 Å². The van der Waals surface area contributed by atoms with E-state index in [2.05, 4.69) is 4.74 Å². The molecule has 0 aromatic heterocycles. The molecule has 1 rings (SSSR count). The summed E-state index contributed by atoms with van der Waals surface area (Å²) in [7, 11) is 1.15. The summed E-state index contributed by atoms with van der Waals surface area (Å²) in [6.07, 6.45) is 0.724. The van der Waals surface area contributed by atoms with E-state index in [1.165, 1.54) is 24.3 Å². The minimum absolute atomic E-state index is 0.111. The number of ether oxygens (including phenoxy) is 2. The average Bonchev–Trinajstić information content (AvgIpc) is 2.44. The first-order valence-corrected chi connectivity index (χ1v) is 5.49. The summed E-state index contributed by atoms with van der Waals surface area (Å²) in [5.74, 6) is -1.94. The fourth-order valence-electron chi connectivity index (χ4n) is 1.12. The first kappa shape index (κ1) is 15.4. The molecular weight excluding hydrogens is 269 g/mol. The molecule has 0 unspecified atom stereocenters. The van der Waals surface area contributed by atoms with Crippen molar-refractivity contribution >= 4 is 18.0 Å². The maximum Gasteiger partial charge on any atom is 0.414 e. The lowest BCUT2D eigenvalue weighted by Crippen LogP contribution is -2.29. The third-order valence-corrected chi connectivity index (χ3v) is 2.08. The molecule has 1 aromatic rings. The van der Waals surface area contributed by atoms with E-state index in [1.54, 1.807) is 0 Å².